The van der Waals surface area contributed by atoms with Gasteiger partial charge in [0.05, 0.1) is 13.3 Å². The first-order chi connectivity index (χ1) is 4.74. The van der Waals surface area contributed by atoms with Crippen LogP contribution in [0, 0.1) is 5.82 Å². The number of halogens is 1. The van der Waals surface area contributed by atoms with E-state index in [1.165, 1.54) is 7.11 Å². The van der Waals surface area contributed by atoms with Crippen LogP contribution >= 0.6 is 0 Å². The zero-order valence-electron chi connectivity index (χ0n) is 5.22. The predicted molar refractivity (Wildman–Crippen MR) is 31.4 cm³/mol. The third kappa shape index (κ3) is 1.12. The average Bonchev–Trinajstić information content (AvgIpc) is 1.94. The first-order valence-corrected chi connectivity index (χ1v) is 2.53. The third-order valence-corrected chi connectivity index (χ3v) is 0.937. The van der Waals surface area contributed by atoms with Crippen LogP contribution in [-0.2, 0) is 0 Å². The van der Waals surface area contributed by atoms with Gasteiger partial charge in [0.1, 0.15) is 0 Å². The van der Waals surface area contributed by atoms with E-state index >= 15 is 0 Å². The zero-order chi connectivity index (χ0) is 7.56. The number of ether oxygens (including phenoxy) is 1. The molecule has 0 radical (unpaired) electrons. The molecule has 1 aromatic rings. The SMILES string of the molecule is COc1[nH]c(=O)ncc1F. The van der Waals surface area contributed by atoms with Crippen LogP contribution in [0.1, 0.15) is 0 Å². The highest BCUT2D eigenvalue weighted by Crippen LogP contribution is 2.05. The van der Waals surface area contributed by atoms with Crippen LogP contribution in [0.15, 0.2) is 11.0 Å². The van der Waals surface area contributed by atoms with Crippen molar-refractivity contribution in [1.29, 1.82) is 0 Å². The number of aromatic nitrogens is 2. The Balaban J connectivity index is 3.22. The Labute approximate surface area is 55.7 Å². The van der Waals surface area contributed by atoms with E-state index in [4.69, 9.17) is 0 Å². The van der Waals surface area contributed by atoms with Crippen LogP contribution in [0.4, 0.5) is 4.39 Å². The summed E-state index contributed by atoms with van der Waals surface area (Å²) in [5.41, 5.74) is -0.627. The van der Waals surface area contributed by atoms with Crippen molar-refractivity contribution in [3.63, 3.8) is 0 Å². The maximum absolute atomic E-state index is 12.4. The lowest BCUT2D eigenvalue weighted by Gasteiger charge is -1.96. The molecule has 54 valence electrons. The highest BCUT2D eigenvalue weighted by atomic mass is 19.1. The minimum atomic E-state index is -0.679. The molecule has 10 heavy (non-hydrogen) atoms. The molecule has 0 aliphatic carbocycles. The van der Waals surface area contributed by atoms with Crippen molar-refractivity contribution < 1.29 is 9.13 Å². The summed E-state index contributed by atoms with van der Waals surface area (Å²) in [6.45, 7) is 0. The van der Waals surface area contributed by atoms with Crippen LogP contribution in [-0.4, -0.2) is 17.1 Å². The van der Waals surface area contributed by atoms with Crippen LogP contribution in [0.25, 0.3) is 0 Å². The van der Waals surface area contributed by atoms with Gasteiger partial charge < -0.3 is 4.74 Å². The fraction of sp³-hybridized carbons (Fsp3) is 0.200. The molecule has 0 aromatic carbocycles. The summed E-state index contributed by atoms with van der Waals surface area (Å²) in [5.74, 6) is -0.873. The highest BCUT2D eigenvalue weighted by molar-refractivity contribution is 5.07. The molecule has 0 saturated carbocycles. The van der Waals surface area contributed by atoms with E-state index in [1.54, 1.807) is 0 Å². The first kappa shape index (κ1) is 6.73. The maximum Gasteiger partial charge on any atom is 0.347 e. The van der Waals surface area contributed by atoms with E-state index in [1.807, 2.05) is 0 Å². The average molecular weight is 144 g/mol. The lowest BCUT2D eigenvalue weighted by atomic mass is 10.6. The molecular formula is C5H5FN2O2. The number of rotatable bonds is 1. The summed E-state index contributed by atoms with van der Waals surface area (Å²) >= 11 is 0. The summed E-state index contributed by atoms with van der Waals surface area (Å²) in [5, 5.41) is 0. The molecule has 0 aliphatic rings. The fourth-order valence-electron chi connectivity index (χ4n) is 0.512. The Morgan fingerprint density at radius 1 is 1.80 bits per heavy atom. The molecule has 1 heterocycles. The number of nitrogens with zero attached hydrogens (tertiary/aromatic N) is 1. The molecule has 1 rings (SSSR count). The van der Waals surface area contributed by atoms with Gasteiger partial charge in [-0.1, -0.05) is 0 Å². The minimum absolute atomic E-state index is 0.194. The fourth-order valence-corrected chi connectivity index (χ4v) is 0.512. The second-order valence-corrected chi connectivity index (χ2v) is 1.57. The molecule has 0 fully saturated rings. The van der Waals surface area contributed by atoms with E-state index in [-0.39, 0.29) is 5.88 Å². The van der Waals surface area contributed by atoms with Crippen molar-refractivity contribution in [3.8, 4) is 5.88 Å². The second-order valence-electron chi connectivity index (χ2n) is 1.57. The molecule has 0 spiro atoms. The Morgan fingerprint density at radius 2 is 2.50 bits per heavy atom. The van der Waals surface area contributed by atoms with Crippen LogP contribution in [0.3, 0.4) is 0 Å². The molecule has 4 nitrogen and oxygen atoms in total. The third-order valence-electron chi connectivity index (χ3n) is 0.937. The van der Waals surface area contributed by atoms with Gasteiger partial charge in [-0.25, -0.2) is 4.79 Å². The number of hydrogen-bond acceptors (Lipinski definition) is 3. The van der Waals surface area contributed by atoms with Gasteiger partial charge in [0.15, 0.2) is 0 Å². The predicted octanol–water partition coefficient (Wildman–Crippen LogP) is -0.0824. The Kier molecular flexibility index (Phi) is 1.66. The van der Waals surface area contributed by atoms with E-state index in [0.717, 1.165) is 6.20 Å². The number of methoxy groups -OCH3 is 1. The van der Waals surface area contributed by atoms with Gasteiger partial charge in [0.2, 0.25) is 11.7 Å². The van der Waals surface area contributed by atoms with Crippen LogP contribution in [0.2, 0.25) is 0 Å². The van der Waals surface area contributed by atoms with Gasteiger partial charge >= 0.3 is 5.69 Å². The molecule has 0 bridgehead atoms. The zero-order valence-corrected chi connectivity index (χ0v) is 5.22. The second kappa shape index (κ2) is 2.47. The Morgan fingerprint density at radius 3 is 3.00 bits per heavy atom. The quantitative estimate of drug-likeness (QED) is 0.599. The van der Waals surface area contributed by atoms with Crippen molar-refractivity contribution in [3.05, 3.63) is 22.5 Å². The topological polar surface area (TPSA) is 55.0 Å². The van der Waals surface area contributed by atoms with Crippen molar-refractivity contribution >= 4 is 0 Å². The van der Waals surface area contributed by atoms with Crippen LogP contribution < -0.4 is 10.4 Å². The standard InChI is InChI=1S/C5H5FN2O2/c1-10-4-3(6)2-7-5(9)8-4/h2H,1H3,(H,7,8,9). The summed E-state index contributed by atoms with van der Waals surface area (Å²) in [6, 6.07) is 0. The van der Waals surface area contributed by atoms with E-state index in [0.29, 0.717) is 0 Å². The summed E-state index contributed by atoms with van der Waals surface area (Å²) in [6.07, 6.45) is 0.803. The van der Waals surface area contributed by atoms with E-state index in [9.17, 15) is 9.18 Å². The molecule has 0 saturated heterocycles. The number of nitrogens with one attached hydrogen (secondary N) is 1. The number of hydrogen-bond donors (Lipinski definition) is 1. The lowest BCUT2D eigenvalue weighted by Crippen LogP contribution is -2.11. The smallest absolute Gasteiger partial charge is 0.347 e. The van der Waals surface area contributed by atoms with Crippen molar-refractivity contribution in [2.75, 3.05) is 7.11 Å². The summed E-state index contributed by atoms with van der Waals surface area (Å²) in [7, 11) is 1.26. The molecule has 0 atom stereocenters. The Hall–Kier alpha value is -1.39. The largest absolute Gasteiger partial charge is 0.480 e. The number of H-pyrrole nitrogens is 1. The van der Waals surface area contributed by atoms with E-state index < -0.39 is 11.5 Å². The molecule has 5 heteroatoms. The molecule has 0 amide bonds. The van der Waals surface area contributed by atoms with Crippen LogP contribution in [0.5, 0.6) is 5.88 Å². The molecular weight excluding hydrogens is 139 g/mol. The van der Waals surface area contributed by atoms with Gasteiger partial charge in [-0.15, -0.1) is 0 Å². The van der Waals surface area contributed by atoms with Crippen molar-refractivity contribution in [1.82, 2.24) is 9.97 Å². The Bertz CT molecular complexity index is 283. The monoisotopic (exact) mass is 144 g/mol. The van der Waals surface area contributed by atoms with Gasteiger partial charge in [-0.3, -0.25) is 4.98 Å². The normalized spacial score (nSPS) is 9.40. The van der Waals surface area contributed by atoms with Crippen molar-refractivity contribution in [2.24, 2.45) is 0 Å². The van der Waals surface area contributed by atoms with E-state index in [2.05, 4.69) is 14.7 Å². The van der Waals surface area contributed by atoms with Gasteiger partial charge in [-0.2, -0.15) is 9.37 Å². The molecule has 1 N–H and O–H groups in total. The summed E-state index contributed by atoms with van der Waals surface area (Å²) in [4.78, 5) is 15.6. The maximum atomic E-state index is 12.4. The molecule has 0 unspecified atom stereocenters. The van der Waals surface area contributed by atoms with Crippen molar-refractivity contribution in [2.45, 2.75) is 0 Å². The molecule has 1 aromatic heterocycles. The van der Waals surface area contributed by atoms with Gasteiger partial charge in [0, 0.05) is 0 Å². The lowest BCUT2D eigenvalue weighted by molar-refractivity contribution is 0.365. The highest BCUT2D eigenvalue weighted by Gasteiger charge is 2.00. The molecule has 0 aliphatic heterocycles. The van der Waals surface area contributed by atoms with Gasteiger partial charge in [-0.05, 0) is 0 Å². The minimum Gasteiger partial charge on any atom is -0.480 e. The van der Waals surface area contributed by atoms with Gasteiger partial charge in [0.25, 0.3) is 0 Å². The first-order valence-electron chi connectivity index (χ1n) is 2.53. The number of aromatic amines is 1. The summed E-state index contributed by atoms with van der Waals surface area (Å²) < 4.78 is 16.9.